The molecule has 4 N–H and O–H groups in total. The van der Waals surface area contributed by atoms with Gasteiger partial charge in [0.1, 0.15) is 20.4 Å². The highest BCUT2D eigenvalue weighted by molar-refractivity contribution is 7.93. The molecule has 2 heterocycles. The molecular weight excluding hydrogens is 455 g/mol. The van der Waals surface area contributed by atoms with Gasteiger partial charge in [-0.05, 0) is 45.1 Å². The van der Waals surface area contributed by atoms with Crippen LogP contribution in [0.3, 0.4) is 0 Å². The van der Waals surface area contributed by atoms with Gasteiger partial charge in [0.05, 0.1) is 17.6 Å². The molecule has 0 radical (unpaired) electrons. The zero-order valence-corrected chi connectivity index (χ0v) is 18.8. The SMILES string of the molecule is Cc1nc2c(c(NC(=O)N=S(N)(=O)c3cnc(C(C)(C)O)s3)c1C(F)(F)F)CCC2C. The van der Waals surface area contributed by atoms with Crippen molar-refractivity contribution in [2.24, 2.45) is 9.50 Å². The molecule has 13 heteroatoms. The number of hydrogen-bond acceptors (Lipinski definition) is 6. The van der Waals surface area contributed by atoms with Gasteiger partial charge < -0.3 is 10.4 Å². The molecule has 0 fully saturated rings. The number of fused-ring (bicyclic) bond motifs is 1. The first kappa shape index (κ1) is 23.6. The van der Waals surface area contributed by atoms with Gasteiger partial charge >= 0.3 is 12.2 Å². The summed E-state index contributed by atoms with van der Waals surface area (Å²) in [5, 5.41) is 18.0. The summed E-state index contributed by atoms with van der Waals surface area (Å²) in [6, 6.07) is -1.27. The van der Waals surface area contributed by atoms with Crippen LogP contribution in [0.4, 0.5) is 23.7 Å². The second-order valence-corrected chi connectivity index (χ2v) is 10.9. The van der Waals surface area contributed by atoms with Crippen LogP contribution in [0, 0.1) is 6.92 Å². The van der Waals surface area contributed by atoms with Crippen LogP contribution in [0.2, 0.25) is 0 Å². The zero-order chi connectivity index (χ0) is 23.4. The summed E-state index contributed by atoms with van der Waals surface area (Å²) in [4.78, 5) is 20.5. The monoisotopic (exact) mass is 477 g/mol. The minimum Gasteiger partial charge on any atom is -0.383 e. The van der Waals surface area contributed by atoms with E-state index in [0.29, 0.717) is 24.1 Å². The molecule has 2 aromatic heterocycles. The van der Waals surface area contributed by atoms with Gasteiger partial charge in [-0.15, -0.1) is 15.7 Å². The van der Waals surface area contributed by atoms with Gasteiger partial charge in [0.2, 0.25) is 0 Å². The number of carbonyl (C=O) groups is 1. The highest BCUT2D eigenvalue weighted by Crippen LogP contribution is 2.44. The van der Waals surface area contributed by atoms with E-state index in [-0.39, 0.29) is 20.8 Å². The van der Waals surface area contributed by atoms with E-state index in [9.17, 15) is 27.3 Å². The quantitative estimate of drug-likeness (QED) is 0.613. The number of amides is 2. The third-order valence-corrected chi connectivity index (χ3v) is 8.03. The van der Waals surface area contributed by atoms with Crippen molar-refractivity contribution in [3.8, 4) is 0 Å². The number of rotatable bonds is 3. The average molecular weight is 478 g/mol. The van der Waals surface area contributed by atoms with Crippen LogP contribution >= 0.6 is 11.3 Å². The van der Waals surface area contributed by atoms with Crippen molar-refractivity contribution in [2.45, 2.75) is 62.4 Å². The van der Waals surface area contributed by atoms with E-state index in [2.05, 4.69) is 19.6 Å². The lowest BCUT2D eigenvalue weighted by Crippen LogP contribution is -2.21. The maximum absolute atomic E-state index is 13.7. The summed E-state index contributed by atoms with van der Waals surface area (Å²) in [7, 11) is -3.79. The number of nitrogens with zero attached hydrogens (tertiary/aromatic N) is 3. The first-order chi connectivity index (χ1) is 14.1. The van der Waals surface area contributed by atoms with Gasteiger partial charge in [-0.2, -0.15) is 13.2 Å². The number of aryl methyl sites for hydroxylation is 1. The van der Waals surface area contributed by atoms with Crippen LogP contribution < -0.4 is 10.5 Å². The summed E-state index contributed by atoms with van der Waals surface area (Å²) >= 11 is 0.800. The minimum absolute atomic E-state index is 0.0558. The number of thiazole rings is 1. The Kier molecular flexibility index (Phi) is 5.93. The molecule has 2 unspecified atom stereocenters. The van der Waals surface area contributed by atoms with Gasteiger partial charge in [0, 0.05) is 5.69 Å². The number of anilines is 1. The highest BCUT2D eigenvalue weighted by Gasteiger charge is 2.40. The van der Waals surface area contributed by atoms with E-state index in [1.807, 2.05) is 6.92 Å². The van der Waals surface area contributed by atoms with Crippen molar-refractivity contribution in [1.29, 1.82) is 0 Å². The Morgan fingerprint density at radius 1 is 1.42 bits per heavy atom. The fourth-order valence-electron chi connectivity index (χ4n) is 3.38. The fourth-order valence-corrected chi connectivity index (χ4v) is 5.45. The Morgan fingerprint density at radius 2 is 2.06 bits per heavy atom. The van der Waals surface area contributed by atoms with Crippen molar-refractivity contribution in [1.82, 2.24) is 9.97 Å². The maximum Gasteiger partial charge on any atom is 0.420 e. The molecule has 0 aromatic carbocycles. The predicted octanol–water partition coefficient (Wildman–Crippen LogP) is 4.08. The lowest BCUT2D eigenvalue weighted by atomic mass is 10.0. The third kappa shape index (κ3) is 4.73. The largest absolute Gasteiger partial charge is 0.420 e. The smallest absolute Gasteiger partial charge is 0.383 e. The van der Waals surface area contributed by atoms with Gasteiger partial charge in [-0.25, -0.2) is 19.1 Å². The molecule has 8 nitrogen and oxygen atoms in total. The minimum atomic E-state index is -4.76. The summed E-state index contributed by atoms with van der Waals surface area (Å²) < 4.78 is 57.2. The Bertz CT molecular complexity index is 1160. The van der Waals surface area contributed by atoms with Crippen molar-refractivity contribution >= 4 is 33.0 Å². The summed E-state index contributed by atoms with van der Waals surface area (Å²) in [6.45, 7) is 5.99. The Morgan fingerprint density at radius 3 is 2.61 bits per heavy atom. The highest BCUT2D eigenvalue weighted by atomic mass is 32.2. The van der Waals surface area contributed by atoms with E-state index >= 15 is 0 Å². The molecule has 0 saturated carbocycles. The van der Waals surface area contributed by atoms with Gasteiger partial charge in [0.25, 0.3) is 0 Å². The molecule has 0 spiro atoms. The molecule has 2 aromatic rings. The van der Waals surface area contributed by atoms with Crippen LogP contribution in [-0.4, -0.2) is 25.3 Å². The van der Waals surface area contributed by atoms with E-state index in [1.54, 1.807) is 0 Å². The Labute approximate surface area is 181 Å². The Balaban J connectivity index is 2.03. The second kappa shape index (κ2) is 7.80. The third-order valence-electron chi connectivity index (χ3n) is 4.84. The van der Waals surface area contributed by atoms with E-state index in [0.717, 1.165) is 17.5 Å². The molecule has 3 rings (SSSR count). The first-order valence-electron chi connectivity index (χ1n) is 9.26. The molecule has 0 saturated heterocycles. The summed E-state index contributed by atoms with van der Waals surface area (Å²) in [5.74, 6) is -0.0558. The number of hydrogen-bond donors (Lipinski definition) is 3. The number of nitrogens with one attached hydrogen (secondary N) is 1. The molecule has 31 heavy (non-hydrogen) atoms. The van der Waals surface area contributed by atoms with Crippen molar-refractivity contribution in [3.63, 3.8) is 0 Å². The van der Waals surface area contributed by atoms with Crippen molar-refractivity contribution < 1.29 is 27.3 Å². The topological polar surface area (TPSA) is 131 Å². The van der Waals surface area contributed by atoms with Crippen LogP contribution in [0.5, 0.6) is 0 Å². The molecular formula is C18H22F3N5O3S2. The van der Waals surface area contributed by atoms with Gasteiger partial charge in [-0.3, -0.25) is 4.98 Å². The molecule has 1 aliphatic carbocycles. The maximum atomic E-state index is 13.7. The number of pyridine rings is 1. The number of aliphatic hydroxyl groups is 1. The Hall–Kier alpha value is -2.09. The number of halogens is 3. The van der Waals surface area contributed by atoms with Crippen LogP contribution in [0.15, 0.2) is 14.8 Å². The normalized spacial score (nSPS) is 18.4. The summed E-state index contributed by atoms with van der Waals surface area (Å²) in [5.41, 5.74) is -2.29. The van der Waals surface area contributed by atoms with Crippen molar-refractivity contribution in [3.05, 3.63) is 33.7 Å². The molecule has 0 aliphatic heterocycles. The van der Waals surface area contributed by atoms with Gasteiger partial charge in [0.15, 0.2) is 9.92 Å². The number of alkyl halides is 3. The molecule has 2 amide bonds. The number of aromatic nitrogens is 2. The lowest BCUT2D eigenvalue weighted by Gasteiger charge is -2.19. The van der Waals surface area contributed by atoms with Crippen LogP contribution in [-0.2, 0) is 28.1 Å². The molecule has 0 bridgehead atoms. The van der Waals surface area contributed by atoms with Crippen LogP contribution in [0.1, 0.15) is 60.6 Å². The second-order valence-electron chi connectivity index (χ2n) is 7.88. The first-order valence-corrected chi connectivity index (χ1v) is 11.7. The zero-order valence-electron chi connectivity index (χ0n) is 17.2. The van der Waals surface area contributed by atoms with E-state index < -0.39 is 39.0 Å². The standard InChI is InChI=1S/C18H22F3N5O3S2/c1-8-5-6-10-13(8)24-9(2)12(18(19,20)21)14(10)25-16(27)26-31(22,29)11-7-23-15(30-11)17(3,4)28/h7-8,28H,5-6H2,1-4H3,(H3,22,24,25,26,27,29). The number of carbonyl (C=O) groups excluding carboxylic acids is 1. The average Bonchev–Trinajstić information content (AvgIpc) is 3.21. The molecule has 1 aliphatic rings. The van der Waals surface area contributed by atoms with Crippen molar-refractivity contribution in [2.75, 3.05) is 5.32 Å². The van der Waals surface area contributed by atoms with E-state index in [1.165, 1.54) is 20.8 Å². The number of nitrogens with two attached hydrogens (primary N) is 1. The van der Waals surface area contributed by atoms with Crippen LogP contribution in [0.25, 0.3) is 0 Å². The molecule has 2 atom stereocenters. The van der Waals surface area contributed by atoms with Gasteiger partial charge in [-0.1, -0.05) is 6.92 Å². The number of urea groups is 1. The fraction of sp³-hybridized carbons (Fsp3) is 0.500. The van der Waals surface area contributed by atoms with E-state index in [4.69, 9.17) is 5.14 Å². The summed E-state index contributed by atoms with van der Waals surface area (Å²) in [6.07, 6.45) is -2.74. The predicted molar refractivity (Wildman–Crippen MR) is 110 cm³/mol. The lowest BCUT2D eigenvalue weighted by molar-refractivity contribution is -0.137. The molecule has 170 valence electrons.